The maximum atomic E-state index is 11.6. The summed E-state index contributed by atoms with van der Waals surface area (Å²) in [5, 5.41) is 1.66. The summed E-state index contributed by atoms with van der Waals surface area (Å²) < 4.78 is 6.56. The minimum absolute atomic E-state index is 0.145. The van der Waals surface area contributed by atoms with Crippen molar-refractivity contribution in [2.45, 2.75) is 39.3 Å². The maximum Gasteiger partial charge on any atom is 0.329 e. The van der Waals surface area contributed by atoms with E-state index in [1.807, 2.05) is 0 Å². The second-order valence-electron chi connectivity index (χ2n) is 4.29. The number of esters is 1. The van der Waals surface area contributed by atoms with E-state index in [1.54, 1.807) is 39.3 Å². The molecule has 0 aliphatic carbocycles. The van der Waals surface area contributed by atoms with E-state index in [-0.39, 0.29) is 10.8 Å². The van der Waals surface area contributed by atoms with E-state index in [0.29, 0.717) is 0 Å². The van der Waals surface area contributed by atoms with Gasteiger partial charge in [-0.1, -0.05) is 11.3 Å². The number of aromatic nitrogens is 1. The van der Waals surface area contributed by atoms with Gasteiger partial charge in [0.05, 0.1) is 0 Å². The Morgan fingerprint density at radius 1 is 1.53 bits per heavy atom. The van der Waals surface area contributed by atoms with Crippen LogP contribution >= 0.6 is 11.3 Å². The van der Waals surface area contributed by atoms with E-state index < -0.39 is 11.6 Å². The van der Waals surface area contributed by atoms with Crippen molar-refractivity contribution < 1.29 is 9.53 Å². The molecule has 5 heteroatoms. The smallest absolute Gasteiger partial charge is 0.329 e. The highest BCUT2D eigenvalue weighted by Gasteiger charge is 2.23. The predicted molar refractivity (Wildman–Crippen MR) is 59.1 cm³/mol. The minimum Gasteiger partial charge on any atom is -0.458 e. The molecule has 1 unspecified atom stereocenters. The number of rotatable bonds is 2. The molecule has 0 spiro atoms. The molecule has 15 heavy (non-hydrogen) atoms. The molecule has 1 aromatic rings. The molecule has 0 aliphatic heterocycles. The van der Waals surface area contributed by atoms with Gasteiger partial charge in [-0.15, -0.1) is 0 Å². The summed E-state index contributed by atoms with van der Waals surface area (Å²) in [5.41, 5.74) is -0.523. The number of hydrogen-bond acceptors (Lipinski definition) is 4. The van der Waals surface area contributed by atoms with Crippen LogP contribution in [0.5, 0.6) is 0 Å². The molecule has 1 atom stereocenters. The van der Waals surface area contributed by atoms with Crippen LogP contribution in [0.4, 0.5) is 0 Å². The molecule has 0 aromatic carbocycles. The summed E-state index contributed by atoms with van der Waals surface area (Å²) in [6.07, 6.45) is 1.60. The lowest BCUT2D eigenvalue weighted by atomic mass is 10.2. The van der Waals surface area contributed by atoms with Gasteiger partial charge in [0.15, 0.2) is 0 Å². The Hall–Kier alpha value is -1.10. The molecule has 0 amide bonds. The summed E-state index contributed by atoms with van der Waals surface area (Å²) in [5.74, 6) is -0.386. The van der Waals surface area contributed by atoms with Gasteiger partial charge in [-0.3, -0.25) is 9.36 Å². The lowest BCUT2D eigenvalue weighted by Crippen LogP contribution is -2.31. The summed E-state index contributed by atoms with van der Waals surface area (Å²) >= 11 is 1.07. The monoisotopic (exact) mass is 229 g/mol. The lowest BCUT2D eigenvalue weighted by molar-refractivity contribution is -0.158. The average Bonchev–Trinajstić information content (AvgIpc) is 2.47. The zero-order valence-corrected chi connectivity index (χ0v) is 10.1. The second kappa shape index (κ2) is 4.18. The first-order chi connectivity index (χ1) is 6.81. The van der Waals surface area contributed by atoms with Gasteiger partial charge >= 0.3 is 10.8 Å². The van der Waals surface area contributed by atoms with Crippen LogP contribution in [0.15, 0.2) is 16.4 Å². The first-order valence-electron chi connectivity index (χ1n) is 4.70. The Bertz CT molecular complexity index is 399. The molecular weight excluding hydrogens is 214 g/mol. The van der Waals surface area contributed by atoms with Crippen LogP contribution in [0.2, 0.25) is 0 Å². The molecule has 4 nitrogen and oxygen atoms in total. The van der Waals surface area contributed by atoms with Gasteiger partial charge in [0.1, 0.15) is 11.6 Å². The summed E-state index contributed by atoms with van der Waals surface area (Å²) in [6.45, 7) is 7.05. The Labute approximate surface area is 92.5 Å². The SMILES string of the molecule is CC(C(=O)OC(C)(C)C)n1ccsc1=O. The van der Waals surface area contributed by atoms with Crippen LogP contribution in [0.3, 0.4) is 0 Å². The zero-order valence-electron chi connectivity index (χ0n) is 9.31. The molecule has 0 saturated heterocycles. The third-order valence-electron chi connectivity index (χ3n) is 1.77. The molecule has 84 valence electrons. The highest BCUT2D eigenvalue weighted by molar-refractivity contribution is 7.07. The standard InChI is InChI=1S/C10H15NO3S/c1-7(8(12)14-10(2,3)4)11-5-6-15-9(11)13/h5-7H,1-4H3. The van der Waals surface area contributed by atoms with Crippen molar-refractivity contribution >= 4 is 17.3 Å². The Morgan fingerprint density at radius 3 is 2.53 bits per heavy atom. The first kappa shape index (κ1) is 12.0. The van der Waals surface area contributed by atoms with Gasteiger partial charge in [-0.2, -0.15) is 0 Å². The van der Waals surface area contributed by atoms with E-state index in [0.717, 1.165) is 11.3 Å². The Kier molecular flexibility index (Phi) is 3.34. The normalized spacial score (nSPS) is 13.6. The van der Waals surface area contributed by atoms with Gasteiger partial charge in [0.25, 0.3) is 0 Å². The van der Waals surface area contributed by atoms with E-state index in [9.17, 15) is 9.59 Å². The van der Waals surface area contributed by atoms with Gasteiger partial charge < -0.3 is 4.74 Å². The molecule has 0 saturated carbocycles. The summed E-state index contributed by atoms with van der Waals surface area (Å²) in [6, 6.07) is -0.567. The number of carbonyl (C=O) groups excluding carboxylic acids is 1. The number of hydrogen-bond donors (Lipinski definition) is 0. The largest absolute Gasteiger partial charge is 0.458 e. The maximum absolute atomic E-state index is 11.6. The second-order valence-corrected chi connectivity index (χ2v) is 5.14. The van der Waals surface area contributed by atoms with Crippen LogP contribution in [-0.4, -0.2) is 16.1 Å². The van der Waals surface area contributed by atoms with Crippen molar-refractivity contribution in [2.24, 2.45) is 0 Å². The van der Waals surface area contributed by atoms with E-state index >= 15 is 0 Å². The third kappa shape index (κ3) is 3.20. The molecule has 0 radical (unpaired) electrons. The minimum atomic E-state index is -0.567. The molecule has 1 rings (SSSR count). The highest BCUT2D eigenvalue weighted by Crippen LogP contribution is 2.13. The number of nitrogens with zero attached hydrogens (tertiary/aromatic N) is 1. The van der Waals surface area contributed by atoms with E-state index in [4.69, 9.17) is 4.74 Å². The third-order valence-corrected chi connectivity index (χ3v) is 2.44. The molecule has 0 bridgehead atoms. The molecule has 0 N–H and O–H groups in total. The highest BCUT2D eigenvalue weighted by atomic mass is 32.1. The average molecular weight is 229 g/mol. The van der Waals surface area contributed by atoms with Crippen molar-refractivity contribution in [3.05, 3.63) is 21.2 Å². The van der Waals surface area contributed by atoms with Crippen LogP contribution < -0.4 is 4.87 Å². The lowest BCUT2D eigenvalue weighted by Gasteiger charge is -2.22. The van der Waals surface area contributed by atoms with Gasteiger partial charge in [0.2, 0.25) is 0 Å². The summed E-state index contributed by atoms with van der Waals surface area (Å²) in [4.78, 5) is 22.8. The van der Waals surface area contributed by atoms with Crippen LogP contribution in [0.1, 0.15) is 33.7 Å². The molecule has 0 aliphatic rings. The number of ether oxygens (including phenoxy) is 1. The fourth-order valence-corrected chi connectivity index (χ4v) is 1.71. The quantitative estimate of drug-likeness (QED) is 0.727. The van der Waals surface area contributed by atoms with E-state index in [1.165, 1.54) is 4.57 Å². The molecule has 0 fully saturated rings. The molecule has 1 aromatic heterocycles. The van der Waals surface area contributed by atoms with Gasteiger partial charge in [-0.05, 0) is 27.7 Å². The molecule has 1 heterocycles. The number of thiazole rings is 1. The summed E-state index contributed by atoms with van der Waals surface area (Å²) in [7, 11) is 0. The topological polar surface area (TPSA) is 48.3 Å². The Balaban J connectivity index is 2.78. The fraction of sp³-hybridized carbons (Fsp3) is 0.600. The van der Waals surface area contributed by atoms with Crippen LogP contribution in [-0.2, 0) is 9.53 Å². The zero-order chi connectivity index (χ0) is 11.6. The fourth-order valence-electron chi connectivity index (χ4n) is 1.06. The molecular formula is C10H15NO3S. The first-order valence-corrected chi connectivity index (χ1v) is 5.58. The predicted octanol–water partition coefficient (Wildman–Crippen LogP) is 1.81. The van der Waals surface area contributed by atoms with Crippen molar-refractivity contribution in [2.75, 3.05) is 0 Å². The van der Waals surface area contributed by atoms with Crippen molar-refractivity contribution in [3.63, 3.8) is 0 Å². The van der Waals surface area contributed by atoms with Gasteiger partial charge in [0, 0.05) is 11.6 Å². The van der Waals surface area contributed by atoms with Gasteiger partial charge in [-0.25, -0.2) is 4.79 Å². The van der Waals surface area contributed by atoms with Crippen LogP contribution in [0.25, 0.3) is 0 Å². The van der Waals surface area contributed by atoms with E-state index in [2.05, 4.69) is 0 Å². The Morgan fingerprint density at radius 2 is 2.13 bits per heavy atom. The van der Waals surface area contributed by atoms with Crippen LogP contribution in [0, 0.1) is 0 Å². The van der Waals surface area contributed by atoms with Crippen molar-refractivity contribution in [1.82, 2.24) is 4.57 Å². The van der Waals surface area contributed by atoms with Crippen molar-refractivity contribution in [1.29, 1.82) is 0 Å². The van der Waals surface area contributed by atoms with Crippen molar-refractivity contribution in [3.8, 4) is 0 Å². The number of carbonyl (C=O) groups is 1.